The summed E-state index contributed by atoms with van der Waals surface area (Å²) in [6.07, 6.45) is 1.38. The zero-order chi connectivity index (χ0) is 14.7. The van der Waals surface area contributed by atoms with Gasteiger partial charge in [0, 0.05) is 11.8 Å². The Labute approximate surface area is 121 Å². The van der Waals surface area contributed by atoms with E-state index in [1.807, 2.05) is 18.2 Å². The van der Waals surface area contributed by atoms with Gasteiger partial charge in [-0.25, -0.2) is 4.79 Å². The summed E-state index contributed by atoms with van der Waals surface area (Å²) in [6.45, 7) is 1.58. The fourth-order valence-corrected chi connectivity index (χ4v) is 2.04. The summed E-state index contributed by atoms with van der Waals surface area (Å²) in [5, 5.41) is 3.20. The van der Waals surface area contributed by atoms with Crippen LogP contribution in [0.15, 0.2) is 34.9 Å². The van der Waals surface area contributed by atoms with Gasteiger partial charge in [0.25, 0.3) is 0 Å². The summed E-state index contributed by atoms with van der Waals surface area (Å²) >= 11 is 0. The van der Waals surface area contributed by atoms with Gasteiger partial charge in [0.1, 0.15) is 25.2 Å². The molecular formula is C15H15NO5. The number of anilines is 1. The average molecular weight is 289 g/mol. The van der Waals surface area contributed by atoms with Crippen molar-refractivity contribution >= 4 is 11.7 Å². The van der Waals surface area contributed by atoms with Gasteiger partial charge in [0.15, 0.2) is 11.5 Å². The maximum Gasteiger partial charge on any atom is 0.341 e. The Bertz CT molecular complexity index is 649. The summed E-state index contributed by atoms with van der Waals surface area (Å²) in [5.74, 6) is 1.70. The van der Waals surface area contributed by atoms with Crippen molar-refractivity contribution in [1.82, 2.24) is 0 Å². The molecule has 1 aliphatic heterocycles. The molecule has 1 aliphatic rings. The second kappa shape index (κ2) is 5.78. The highest BCUT2D eigenvalue weighted by molar-refractivity contribution is 5.89. The molecule has 0 aliphatic carbocycles. The average Bonchev–Trinajstić information content (AvgIpc) is 3.01. The van der Waals surface area contributed by atoms with Gasteiger partial charge in [-0.1, -0.05) is 0 Å². The quantitative estimate of drug-likeness (QED) is 0.872. The van der Waals surface area contributed by atoms with Crippen molar-refractivity contribution in [2.24, 2.45) is 0 Å². The van der Waals surface area contributed by atoms with Crippen LogP contribution in [0, 0.1) is 0 Å². The number of rotatable bonds is 4. The smallest absolute Gasteiger partial charge is 0.341 e. The lowest BCUT2D eigenvalue weighted by Gasteiger charge is -2.19. The zero-order valence-electron chi connectivity index (χ0n) is 11.5. The van der Waals surface area contributed by atoms with Gasteiger partial charge in [-0.3, -0.25) is 0 Å². The third kappa shape index (κ3) is 2.94. The number of nitrogens with one attached hydrogen (secondary N) is 1. The van der Waals surface area contributed by atoms with Crippen LogP contribution in [0.1, 0.15) is 16.1 Å². The molecular weight excluding hydrogens is 274 g/mol. The van der Waals surface area contributed by atoms with Crippen molar-refractivity contribution in [1.29, 1.82) is 0 Å². The van der Waals surface area contributed by atoms with Crippen molar-refractivity contribution in [3.8, 4) is 11.5 Å². The molecule has 1 aromatic heterocycles. The Morgan fingerprint density at radius 1 is 1.24 bits per heavy atom. The molecule has 3 rings (SSSR count). The van der Waals surface area contributed by atoms with Crippen molar-refractivity contribution in [2.75, 3.05) is 25.6 Å². The van der Waals surface area contributed by atoms with E-state index in [4.69, 9.17) is 13.9 Å². The van der Waals surface area contributed by atoms with Gasteiger partial charge >= 0.3 is 5.97 Å². The number of furan rings is 1. The fraction of sp³-hybridized carbons (Fsp3) is 0.267. The lowest BCUT2D eigenvalue weighted by Crippen LogP contribution is -2.15. The highest BCUT2D eigenvalue weighted by Gasteiger charge is 2.13. The lowest BCUT2D eigenvalue weighted by molar-refractivity contribution is 0.0600. The van der Waals surface area contributed by atoms with Crippen LogP contribution in [0.25, 0.3) is 0 Å². The second-order valence-electron chi connectivity index (χ2n) is 4.51. The third-order valence-corrected chi connectivity index (χ3v) is 3.08. The van der Waals surface area contributed by atoms with E-state index in [2.05, 4.69) is 10.1 Å². The Morgan fingerprint density at radius 2 is 2.05 bits per heavy atom. The molecule has 0 bridgehead atoms. The van der Waals surface area contributed by atoms with Crippen LogP contribution < -0.4 is 14.8 Å². The Balaban J connectivity index is 1.65. The number of ether oxygens (including phenoxy) is 3. The van der Waals surface area contributed by atoms with Crippen LogP contribution in [0.3, 0.4) is 0 Å². The van der Waals surface area contributed by atoms with Crippen LogP contribution >= 0.6 is 0 Å². The number of fused-ring (bicyclic) bond motifs is 1. The minimum Gasteiger partial charge on any atom is -0.486 e. The monoisotopic (exact) mass is 289 g/mol. The second-order valence-corrected chi connectivity index (χ2v) is 4.51. The van der Waals surface area contributed by atoms with Gasteiger partial charge in [0.2, 0.25) is 0 Å². The summed E-state index contributed by atoms with van der Waals surface area (Å²) in [5.41, 5.74) is 1.28. The van der Waals surface area contributed by atoms with E-state index in [0.29, 0.717) is 31.1 Å². The maximum atomic E-state index is 11.3. The normalized spacial score (nSPS) is 12.8. The van der Waals surface area contributed by atoms with Crippen LogP contribution in [0.4, 0.5) is 5.69 Å². The molecule has 0 amide bonds. The molecule has 0 saturated carbocycles. The van der Waals surface area contributed by atoms with E-state index >= 15 is 0 Å². The standard InChI is InChI=1S/C15H15NO5/c1-18-15(17)10-6-12(21-9-10)8-16-11-2-3-13-14(7-11)20-5-4-19-13/h2-3,6-7,9,16H,4-5,8H2,1H3. The van der Waals surface area contributed by atoms with Crippen molar-refractivity contribution in [3.05, 3.63) is 41.9 Å². The highest BCUT2D eigenvalue weighted by Crippen LogP contribution is 2.32. The predicted octanol–water partition coefficient (Wildman–Crippen LogP) is 2.45. The van der Waals surface area contributed by atoms with Gasteiger partial charge in [-0.2, -0.15) is 0 Å². The van der Waals surface area contributed by atoms with Crippen molar-refractivity contribution in [2.45, 2.75) is 6.54 Å². The van der Waals surface area contributed by atoms with Crippen molar-refractivity contribution in [3.63, 3.8) is 0 Å². The molecule has 21 heavy (non-hydrogen) atoms. The number of esters is 1. The largest absolute Gasteiger partial charge is 0.486 e. The van der Waals surface area contributed by atoms with Crippen LogP contribution in [0.5, 0.6) is 11.5 Å². The molecule has 6 heteroatoms. The first-order valence-electron chi connectivity index (χ1n) is 6.55. The minimum absolute atomic E-state index is 0.400. The molecule has 0 radical (unpaired) electrons. The molecule has 0 atom stereocenters. The predicted molar refractivity (Wildman–Crippen MR) is 74.8 cm³/mol. The summed E-state index contributed by atoms with van der Waals surface area (Å²) in [4.78, 5) is 11.3. The molecule has 0 unspecified atom stereocenters. The number of carbonyl (C=O) groups is 1. The Hall–Kier alpha value is -2.63. The van der Waals surface area contributed by atoms with E-state index in [1.165, 1.54) is 13.4 Å². The van der Waals surface area contributed by atoms with E-state index in [0.717, 1.165) is 17.2 Å². The number of hydrogen-bond acceptors (Lipinski definition) is 6. The topological polar surface area (TPSA) is 69.9 Å². The lowest BCUT2D eigenvalue weighted by atomic mass is 10.2. The summed E-state index contributed by atoms with van der Waals surface area (Å²) < 4.78 is 20.9. The molecule has 0 spiro atoms. The van der Waals surface area contributed by atoms with Gasteiger partial charge < -0.3 is 23.9 Å². The van der Waals surface area contributed by atoms with E-state index < -0.39 is 5.97 Å². The molecule has 0 fully saturated rings. The number of carbonyl (C=O) groups excluding carboxylic acids is 1. The summed E-state index contributed by atoms with van der Waals surface area (Å²) in [6, 6.07) is 7.28. The van der Waals surface area contributed by atoms with Crippen molar-refractivity contribution < 1.29 is 23.4 Å². The zero-order valence-corrected chi connectivity index (χ0v) is 11.5. The molecule has 110 valence electrons. The number of benzene rings is 1. The maximum absolute atomic E-state index is 11.3. The van der Waals surface area contributed by atoms with E-state index in [9.17, 15) is 4.79 Å². The van der Waals surface area contributed by atoms with Gasteiger partial charge in [-0.15, -0.1) is 0 Å². The fourth-order valence-electron chi connectivity index (χ4n) is 2.04. The molecule has 1 aromatic carbocycles. The van der Waals surface area contributed by atoms with Crippen LogP contribution in [-0.4, -0.2) is 26.3 Å². The molecule has 0 saturated heterocycles. The first-order valence-corrected chi connectivity index (χ1v) is 6.55. The first-order chi connectivity index (χ1) is 10.3. The Morgan fingerprint density at radius 3 is 2.86 bits per heavy atom. The van der Waals surface area contributed by atoms with Crippen LogP contribution in [0.2, 0.25) is 0 Å². The SMILES string of the molecule is COC(=O)c1coc(CNc2ccc3c(c2)OCCO3)c1. The Kier molecular flexibility index (Phi) is 3.68. The first kappa shape index (κ1) is 13.4. The molecule has 2 heterocycles. The van der Waals surface area contributed by atoms with Crippen LogP contribution in [-0.2, 0) is 11.3 Å². The van der Waals surface area contributed by atoms with Gasteiger partial charge in [-0.05, 0) is 18.2 Å². The number of methoxy groups -OCH3 is 1. The molecule has 6 nitrogen and oxygen atoms in total. The minimum atomic E-state index is -0.413. The van der Waals surface area contributed by atoms with E-state index in [-0.39, 0.29) is 0 Å². The summed E-state index contributed by atoms with van der Waals surface area (Å²) in [7, 11) is 1.34. The molecule has 1 N–H and O–H groups in total. The van der Waals surface area contributed by atoms with E-state index in [1.54, 1.807) is 6.07 Å². The number of hydrogen-bond donors (Lipinski definition) is 1. The highest BCUT2D eigenvalue weighted by atomic mass is 16.6. The molecule has 2 aromatic rings. The van der Waals surface area contributed by atoms with Gasteiger partial charge in [0.05, 0.1) is 19.2 Å². The third-order valence-electron chi connectivity index (χ3n) is 3.08.